The van der Waals surface area contributed by atoms with E-state index in [2.05, 4.69) is 15.5 Å². The van der Waals surface area contributed by atoms with Gasteiger partial charge in [0.25, 0.3) is 5.22 Å². The number of carbonyl (C=O) groups is 1. The van der Waals surface area contributed by atoms with Crippen molar-refractivity contribution in [3.63, 3.8) is 0 Å². The van der Waals surface area contributed by atoms with Crippen molar-refractivity contribution in [2.75, 3.05) is 0 Å². The number of hydrogen-bond acceptors (Lipinski definition) is 6. The number of halogens is 2. The molecule has 0 saturated carbocycles. The van der Waals surface area contributed by atoms with E-state index < -0.39 is 17.7 Å². The molecule has 0 saturated heterocycles. The first kappa shape index (κ1) is 19.9. The van der Waals surface area contributed by atoms with E-state index >= 15 is 0 Å². The van der Waals surface area contributed by atoms with Crippen molar-refractivity contribution < 1.29 is 13.9 Å². The van der Waals surface area contributed by atoms with Crippen LogP contribution >= 0.6 is 35.0 Å². The average molecular weight is 404 g/mol. The standard InChI is InChI=1S/C16H19Cl2N3O3S/c1-9(19-14(22)24-16(2,3)4)13-20-21-15(23-13)25-8-10-11(17)6-5-7-12(10)18/h5-7,9H,8H2,1-4H3,(H,19,22). The number of nitrogens with one attached hydrogen (secondary N) is 1. The molecular formula is C16H19Cl2N3O3S. The largest absolute Gasteiger partial charge is 0.444 e. The fourth-order valence-electron chi connectivity index (χ4n) is 1.80. The highest BCUT2D eigenvalue weighted by atomic mass is 35.5. The Bertz CT molecular complexity index is 726. The number of thioether (sulfide) groups is 1. The first-order chi connectivity index (χ1) is 11.7. The number of hydrogen-bond donors (Lipinski definition) is 1. The zero-order valence-corrected chi connectivity index (χ0v) is 16.6. The van der Waals surface area contributed by atoms with Crippen LogP contribution in [0.2, 0.25) is 10.0 Å². The Morgan fingerprint density at radius 1 is 1.32 bits per heavy atom. The number of amides is 1. The molecule has 136 valence electrons. The molecule has 0 bridgehead atoms. The smallest absolute Gasteiger partial charge is 0.408 e. The molecule has 0 spiro atoms. The molecule has 2 rings (SSSR count). The maximum Gasteiger partial charge on any atom is 0.408 e. The maximum absolute atomic E-state index is 11.8. The molecule has 0 fully saturated rings. The third kappa shape index (κ3) is 6.09. The van der Waals surface area contributed by atoms with Crippen molar-refractivity contribution in [3.05, 3.63) is 39.7 Å². The van der Waals surface area contributed by atoms with Crippen LogP contribution in [-0.2, 0) is 10.5 Å². The van der Waals surface area contributed by atoms with Gasteiger partial charge in [0.05, 0.1) is 0 Å². The van der Waals surface area contributed by atoms with E-state index in [1.165, 1.54) is 11.8 Å². The van der Waals surface area contributed by atoms with Gasteiger partial charge in [0.1, 0.15) is 11.6 Å². The zero-order valence-electron chi connectivity index (χ0n) is 14.3. The van der Waals surface area contributed by atoms with Crippen molar-refractivity contribution in [1.29, 1.82) is 0 Å². The number of aromatic nitrogens is 2. The fourth-order valence-corrected chi connectivity index (χ4v) is 3.32. The van der Waals surface area contributed by atoms with Gasteiger partial charge in [-0.3, -0.25) is 0 Å². The fraction of sp³-hybridized carbons (Fsp3) is 0.438. The molecule has 1 unspecified atom stereocenters. The summed E-state index contributed by atoms with van der Waals surface area (Å²) in [5, 5.41) is 12.1. The van der Waals surface area contributed by atoms with Gasteiger partial charge in [-0.2, -0.15) is 0 Å². The van der Waals surface area contributed by atoms with Gasteiger partial charge in [-0.25, -0.2) is 4.79 Å². The second-order valence-corrected chi connectivity index (χ2v) is 8.00. The Morgan fingerprint density at radius 3 is 2.56 bits per heavy atom. The van der Waals surface area contributed by atoms with Crippen LogP contribution in [-0.4, -0.2) is 21.9 Å². The zero-order chi connectivity index (χ0) is 18.6. The molecule has 6 nitrogen and oxygen atoms in total. The van der Waals surface area contributed by atoms with Gasteiger partial charge < -0.3 is 14.5 Å². The Kier molecular flexibility index (Phi) is 6.59. The average Bonchev–Trinajstić information content (AvgIpc) is 2.93. The van der Waals surface area contributed by atoms with Crippen LogP contribution in [0.4, 0.5) is 4.79 Å². The number of benzene rings is 1. The molecular weight excluding hydrogens is 385 g/mol. The molecule has 25 heavy (non-hydrogen) atoms. The molecule has 0 radical (unpaired) electrons. The lowest BCUT2D eigenvalue weighted by Crippen LogP contribution is -2.34. The minimum absolute atomic E-state index is 0.290. The predicted octanol–water partition coefficient (Wildman–Crippen LogP) is 5.25. The molecule has 0 aliphatic heterocycles. The normalized spacial score (nSPS) is 12.7. The second-order valence-electron chi connectivity index (χ2n) is 6.26. The summed E-state index contributed by atoms with van der Waals surface area (Å²) in [5.41, 5.74) is 0.226. The topological polar surface area (TPSA) is 77.2 Å². The maximum atomic E-state index is 11.8. The number of carbonyl (C=O) groups excluding carboxylic acids is 1. The van der Waals surface area contributed by atoms with Crippen LogP contribution < -0.4 is 5.32 Å². The molecule has 1 N–H and O–H groups in total. The van der Waals surface area contributed by atoms with E-state index in [9.17, 15) is 4.79 Å². The van der Waals surface area contributed by atoms with Crippen molar-refractivity contribution >= 4 is 41.1 Å². The molecule has 0 aliphatic carbocycles. The molecule has 1 aromatic carbocycles. The van der Waals surface area contributed by atoms with Crippen molar-refractivity contribution in [3.8, 4) is 0 Å². The van der Waals surface area contributed by atoms with E-state index in [4.69, 9.17) is 32.4 Å². The van der Waals surface area contributed by atoms with Crippen molar-refractivity contribution in [2.24, 2.45) is 0 Å². The van der Waals surface area contributed by atoms with Crippen LogP contribution in [0.25, 0.3) is 0 Å². The summed E-state index contributed by atoms with van der Waals surface area (Å²) in [5.74, 6) is 0.784. The Labute approximate surface area is 160 Å². The number of ether oxygens (including phenoxy) is 1. The van der Waals surface area contributed by atoms with Crippen LogP contribution in [0.1, 0.15) is 45.2 Å². The van der Waals surface area contributed by atoms with Gasteiger partial charge in [-0.15, -0.1) is 10.2 Å². The number of alkyl carbamates (subject to hydrolysis) is 1. The first-order valence-electron chi connectivity index (χ1n) is 7.54. The third-order valence-corrected chi connectivity index (χ3v) is 4.48. The molecule has 0 aliphatic rings. The molecule has 1 amide bonds. The highest BCUT2D eigenvalue weighted by Crippen LogP contribution is 2.31. The SMILES string of the molecule is CC(NC(=O)OC(C)(C)C)c1nnc(SCc2c(Cl)cccc2Cl)o1. The lowest BCUT2D eigenvalue weighted by Gasteiger charge is -2.20. The van der Waals surface area contributed by atoms with Gasteiger partial charge >= 0.3 is 6.09 Å². The lowest BCUT2D eigenvalue weighted by molar-refractivity contribution is 0.0500. The summed E-state index contributed by atoms with van der Waals surface area (Å²) in [6, 6.07) is 4.86. The van der Waals surface area contributed by atoms with Gasteiger partial charge in [-0.1, -0.05) is 41.0 Å². The first-order valence-corrected chi connectivity index (χ1v) is 9.28. The monoisotopic (exact) mass is 403 g/mol. The summed E-state index contributed by atoms with van der Waals surface area (Å²) in [4.78, 5) is 11.8. The van der Waals surface area contributed by atoms with E-state index in [-0.39, 0.29) is 0 Å². The molecule has 1 aromatic heterocycles. The minimum atomic E-state index is -0.576. The van der Waals surface area contributed by atoms with Crippen LogP contribution in [0.15, 0.2) is 27.8 Å². The molecule has 9 heteroatoms. The van der Waals surface area contributed by atoms with Crippen LogP contribution in [0, 0.1) is 0 Å². The van der Waals surface area contributed by atoms with Crippen LogP contribution in [0.3, 0.4) is 0 Å². The van der Waals surface area contributed by atoms with E-state index in [0.717, 1.165) is 5.56 Å². The quantitative estimate of drug-likeness (QED) is 0.686. The summed E-state index contributed by atoms with van der Waals surface area (Å²) >= 11 is 13.6. The molecule has 2 aromatic rings. The summed E-state index contributed by atoms with van der Waals surface area (Å²) < 4.78 is 10.8. The molecule has 1 heterocycles. The minimum Gasteiger partial charge on any atom is -0.444 e. The van der Waals surface area contributed by atoms with Gasteiger partial charge in [0.2, 0.25) is 5.89 Å². The second kappa shape index (κ2) is 8.29. The van der Waals surface area contributed by atoms with Crippen molar-refractivity contribution in [1.82, 2.24) is 15.5 Å². The number of rotatable bonds is 5. The Hall–Kier alpha value is -1.44. The summed E-state index contributed by atoms with van der Waals surface area (Å²) in [6.07, 6.45) is -0.546. The van der Waals surface area contributed by atoms with Gasteiger partial charge in [0.15, 0.2) is 0 Å². The Balaban J connectivity index is 1.94. The molecule has 1 atom stereocenters. The number of nitrogens with zero attached hydrogens (tertiary/aromatic N) is 2. The highest BCUT2D eigenvalue weighted by Gasteiger charge is 2.21. The van der Waals surface area contributed by atoms with E-state index in [0.29, 0.717) is 26.9 Å². The summed E-state index contributed by atoms with van der Waals surface area (Å²) in [7, 11) is 0. The third-order valence-electron chi connectivity index (χ3n) is 2.93. The van der Waals surface area contributed by atoms with Crippen LogP contribution in [0.5, 0.6) is 0 Å². The van der Waals surface area contributed by atoms with Gasteiger partial charge in [0, 0.05) is 15.8 Å². The highest BCUT2D eigenvalue weighted by molar-refractivity contribution is 7.98. The van der Waals surface area contributed by atoms with E-state index in [1.807, 2.05) is 0 Å². The van der Waals surface area contributed by atoms with E-state index in [1.54, 1.807) is 45.9 Å². The summed E-state index contributed by atoms with van der Waals surface area (Å²) in [6.45, 7) is 7.10. The van der Waals surface area contributed by atoms with Gasteiger partial charge in [-0.05, 0) is 45.4 Å². The van der Waals surface area contributed by atoms with Crippen molar-refractivity contribution in [2.45, 2.75) is 50.3 Å². The predicted molar refractivity (Wildman–Crippen MR) is 98.1 cm³/mol. The lowest BCUT2D eigenvalue weighted by atomic mass is 10.2. The Morgan fingerprint density at radius 2 is 1.96 bits per heavy atom.